The van der Waals surface area contributed by atoms with Crippen LogP contribution in [0.25, 0.3) is 0 Å². The summed E-state index contributed by atoms with van der Waals surface area (Å²) in [5.41, 5.74) is 1.68. The quantitative estimate of drug-likeness (QED) is 0.417. The number of halogens is 1. The lowest BCUT2D eigenvalue weighted by molar-refractivity contribution is 0.0116. The van der Waals surface area contributed by atoms with E-state index in [4.69, 9.17) is 26.1 Å². The Morgan fingerprint density at radius 2 is 1.94 bits per heavy atom. The number of anilines is 1. The van der Waals surface area contributed by atoms with Gasteiger partial charge in [0.2, 0.25) is 0 Å². The zero-order chi connectivity index (χ0) is 25.0. The van der Waals surface area contributed by atoms with Crippen LogP contribution in [0.2, 0.25) is 5.15 Å². The van der Waals surface area contributed by atoms with Crippen LogP contribution in [0.4, 0.5) is 10.6 Å². The highest BCUT2D eigenvalue weighted by molar-refractivity contribution is 6.29. The molecule has 2 aliphatic carbocycles. The summed E-state index contributed by atoms with van der Waals surface area (Å²) in [5, 5.41) is 3.86. The number of hydrogen-bond acceptors (Lipinski definition) is 7. The highest BCUT2D eigenvalue weighted by atomic mass is 35.5. The first kappa shape index (κ1) is 23.8. The highest BCUT2D eigenvalue weighted by Gasteiger charge is 2.44. The first-order valence-electron chi connectivity index (χ1n) is 13.1. The van der Waals surface area contributed by atoms with Crippen molar-refractivity contribution in [1.29, 1.82) is 0 Å². The van der Waals surface area contributed by atoms with Crippen molar-refractivity contribution in [3.63, 3.8) is 0 Å². The maximum Gasteiger partial charge on any atom is 0.410 e. The SMILES string of the molecule is CC(C)(C)OC(=O)N1CCN(c2nc(C3CC3)c(Oc3ccnc(Cl)c3)cc2C2CN2)CC1C1CC1. The van der Waals surface area contributed by atoms with E-state index in [9.17, 15) is 4.79 Å². The molecular formula is C27H34ClN5O3. The average Bonchev–Trinajstić information content (AvgIpc) is 3.69. The highest BCUT2D eigenvalue weighted by Crippen LogP contribution is 2.48. The van der Waals surface area contributed by atoms with Crippen molar-refractivity contribution >= 4 is 23.5 Å². The van der Waals surface area contributed by atoms with Gasteiger partial charge in [-0.05, 0) is 64.5 Å². The van der Waals surface area contributed by atoms with Gasteiger partial charge in [0.1, 0.15) is 28.1 Å². The normalized spacial score (nSPS) is 24.0. The Hall–Kier alpha value is -2.58. The van der Waals surface area contributed by atoms with E-state index in [1.165, 1.54) is 0 Å². The molecule has 8 nitrogen and oxygen atoms in total. The first-order valence-corrected chi connectivity index (χ1v) is 13.4. The van der Waals surface area contributed by atoms with Crippen LogP contribution in [0.5, 0.6) is 11.5 Å². The molecule has 4 heterocycles. The van der Waals surface area contributed by atoms with Gasteiger partial charge in [-0.1, -0.05) is 11.6 Å². The third-order valence-corrected chi connectivity index (χ3v) is 7.42. The Morgan fingerprint density at radius 1 is 1.17 bits per heavy atom. The number of ether oxygens (including phenoxy) is 2. The molecule has 4 aliphatic rings. The molecule has 4 fully saturated rings. The summed E-state index contributed by atoms with van der Waals surface area (Å²) in [6.07, 6.45) is 6.03. The van der Waals surface area contributed by atoms with Crippen molar-refractivity contribution in [3.8, 4) is 11.5 Å². The minimum atomic E-state index is -0.497. The third kappa shape index (κ3) is 5.25. The van der Waals surface area contributed by atoms with Crippen LogP contribution in [0.3, 0.4) is 0 Å². The number of carbonyl (C=O) groups is 1. The maximum absolute atomic E-state index is 13.0. The Morgan fingerprint density at radius 3 is 2.58 bits per heavy atom. The first-order chi connectivity index (χ1) is 17.2. The number of piperazine rings is 1. The van der Waals surface area contributed by atoms with Crippen molar-refractivity contribution in [1.82, 2.24) is 20.2 Å². The maximum atomic E-state index is 13.0. The minimum absolute atomic E-state index is 0.148. The molecule has 2 aromatic rings. The summed E-state index contributed by atoms with van der Waals surface area (Å²) < 4.78 is 12.1. The molecule has 2 saturated heterocycles. The largest absolute Gasteiger partial charge is 0.455 e. The second-order valence-corrected chi connectivity index (χ2v) is 11.8. The molecule has 0 radical (unpaired) electrons. The van der Waals surface area contributed by atoms with E-state index in [-0.39, 0.29) is 18.2 Å². The summed E-state index contributed by atoms with van der Waals surface area (Å²) in [4.78, 5) is 26.7. The molecule has 36 heavy (non-hydrogen) atoms. The monoisotopic (exact) mass is 511 g/mol. The lowest BCUT2D eigenvalue weighted by Crippen LogP contribution is -2.57. The van der Waals surface area contributed by atoms with E-state index >= 15 is 0 Å². The zero-order valence-corrected chi connectivity index (χ0v) is 21.9. The Kier molecular flexibility index (Phi) is 5.99. The fourth-order valence-electron chi connectivity index (χ4n) is 5.04. The summed E-state index contributed by atoms with van der Waals surface area (Å²) in [7, 11) is 0. The lowest BCUT2D eigenvalue weighted by atomic mass is 10.0. The van der Waals surface area contributed by atoms with E-state index in [0.29, 0.717) is 29.3 Å². The lowest BCUT2D eigenvalue weighted by Gasteiger charge is -2.43. The van der Waals surface area contributed by atoms with Crippen molar-refractivity contribution in [2.75, 3.05) is 31.1 Å². The van der Waals surface area contributed by atoms with Crippen LogP contribution < -0.4 is 15.0 Å². The predicted octanol–water partition coefficient (Wildman–Crippen LogP) is 5.28. The Labute approximate surface area is 217 Å². The van der Waals surface area contributed by atoms with E-state index in [0.717, 1.165) is 68.1 Å². The molecule has 6 rings (SSSR count). The molecule has 2 aromatic heterocycles. The number of rotatable bonds is 6. The van der Waals surface area contributed by atoms with Crippen LogP contribution in [-0.2, 0) is 4.74 Å². The van der Waals surface area contributed by atoms with Gasteiger partial charge in [-0.2, -0.15) is 0 Å². The van der Waals surface area contributed by atoms with Gasteiger partial charge in [0, 0.05) is 56.0 Å². The molecule has 9 heteroatoms. The Bertz CT molecular complexity index is 1160. The van der Waals surface area contributed by atoms with Crippen molar-refractivity contribution in [3.05, 3.63) is 40.8 Å². The molecule has 0 aromatic carbocycles. The summed E-state index contributed by atoms with van der Waals surface area (Å²) >= 11 is 6.10. The average molecular weight is 512 g/mol. The Balaban J connectivity index is 1.30. The van der Waals surface area contributed by atoms with Crippen LogP contribution >= 0.6 is 11.6 Å². The zero-order valence-electron chi connectivity index (χ0n) is 21.2. The smallest absolute Gasteiger partial charge is 0.410 e. The van der Waals surface area contributed by atoms with Gasteiger partial charge in [-0.15, -0.1) is 0 Å². The number of carbonyl (C=O) groups excluding carboxylic acids is 1. The molecular weight excluding hydrogens is 478 g/mol. The summed E-state index contributed by atoms with van der Waals surface area (Å²) in [5.74, 6) is 3.45. The molecule has 2 atom stereocenters. The van der Waals surface area contributed by atoms with E-state index < -0.39 is 5.60 Å². The third-order valence-electron chi connectivity index (χ3n) is 7.21. The van der Waals surface area contributed by atoms with Crippen LogP contribution in [0.1, 0.15) is 69.7 Å². The summed E-state index contributed by atoms with van der Waals surface area (Å²) in [6, 6.07) is 6.14. The van der Waals surface area contributed by atoms with Gasteiger partial charge in [0.15, 0.2) is 0 Å². The van der Waals surface area contributed by atoms with Gasteiger partial charge in [0.25, 0.3) is 0 Å². The number of hydrogen-bond donors (Lipinski definition) is 1. The molecule has 0 bridgehead atoms. The van der Waals surface area contributed by atoms with Crippen molar-refractivity contribution in [2.24, 2.45) is 5.92 Å². The molecule has 2 unspecified atom stereocenters. The molecule has 2 saturated carbocycles. The summed E-state index contributed by atoms with van der Waals surface area (Å²) in [6.45, 7) is 8.86. The van der Waals surface area contributed by atoms with Gasteiger partial charge in [-0.3, -0.25) is 0 Å². The standard InChI is InChI=1S/C27H34ClN5O3/c1-27(2,3)36-26(34)33-11-10-32(15-21(33)16-4-5-16)25-19(20-14-30-20)13-22(24(31-25)17-6-7-17)35-18-8-9-29-23(28)12-18/h8-9,12-13,16-17,20-21,30H,4-7,10-11,14-15H2,1-3H3. The van der Waals surface area contributed by atoms with Crippen molar-refractivity contribution < 1.29 is 14.3 Å². The predicted molar refractivity (Wildman–Crippen MR) is 138 cm³/mol. The van der Waals surface area contributed by atoms with Gasteiger partial charge in [0.05, 0.1) is 11.7 Å². The van der Waals surface area contributed by atoms with Crippen LogP contribution in [0, 0.1) is 5.92 Å². The van der Waals surface area contributed by atoms with Crippen molar-refractivity contribution in [2.45, 2.75) is 70.1 Å². The van der Waals surface area contributed by atoms with Crippen LogP contribution in [-0.4, -0.2) is 58.8 Å². The van der Waals surface area contributed by atoms with E-state index in [1.807, 2.05) is 31.7 Å². The molecule has 1 amide bonds. The topological polar surface area (TPSA) is 89.7 Å². The van der Waals surface area contributed by atoms with E-state index in [2.05, 4.69) is 21.3 Å². The minimum Gasteiger partial charge on any atom is -0.455 e. The molecule has 2 aliphatic heterocycles. The number of nitrogens with zero attached hydrogens (tertiary/aromatic N) is 4. The fraction of sp³-hybridized carbons (Fsp3) is 0.593. The van der Waals surface area contributed by atoms with Gasteiger partial charge in [-0.25, -0.2) is 14.8 Å². The number of aromatic nitrogens is 2. The second-order valence-electron chi connectivity index (χ2n) is 11.5. The van der Waals surface area contributed by atoms with Crippen LogP contribution in [0.15, 0.2) is 24.4 Å². The molecule has 0 spiro atoms. The fourth-order valence-corrected chi connectivity index (χ4v) is 5.21. The second kappa shape index (κ2) is 9.06. The van der Waals surface area contributed by atoms with E-state index in [1.54, 1.807) is 12.3 Å². The molecule has 192 valence electrons. The van der Waals surface area contributed by atoms with Gasteiger partial charge >= 0.3 is 6.09 Å². The number of nitrogens with one attached hydrogen (secondary N) is 1. The van der Waals surface area contributed by atoms with Gasteiger partial charge < -0.3 is 24.6 Å². The molecule has 1 N–H and O–H groups in total. The number of pyridine rings is 2. The number of amides is 1.